The number of nitrogens with one attached hydrogen (secondary N) is 1. The molecule has 2 rings (SSSR count). The normalized spacial score (nSPS) is 23.2. The first kappa shape index (κ1) is 17.4. The molecule has 2 atom stereocenters. The molecule has 0 radical (unpaired) electrons. The highest BCUT2D eigenvalue weighted by atomic mass is 16.5. The average Bonchev–Trinajstić information content (AvgIpc) is 2.55. The highest BCUT2D eigenvalue weighted by Gasteiger charge is 2.44. The van der Waals surface area contributed by atoms with E-state index >= 15 is 0 Å². The highest BCUT2D eigenvalue weighted by molar-refractivity contribution is 5.90. The second-order valence-electron chi connectivity index (χ2n) is 6.25. The van der Waals surface area contributed by atoms with Crippen LogP contribution in [0.25, 0.3) is 0 Å². The first-order valence-corrected chi connectivity index (χ1v) is 7.70. The van der Waals surface area contributed by atoms with Gasteiger partial charge in [0.15, 0.2) is 5.78 Å². The fourth-order valence-corrected chi connectivity index (χ4v) is 2.88. The van der Waals surface area contributed by atoms with E-state index in [0.29, 0.717) is 6.54 Å². The van der Waals surface area contributed by atoms with Gasteiger partial charge >= 0.3 is 0 Å². The number of carbonyl (C=O) groups excluding carboxylic acids is 2. The molecule has 0 aromatic heterocycles. The van der Waals surface area contributed by atoms with Crippen molar-refractivity contribution < 1.29 is 19.1 Å². The zero-order valence-electron chi connectivity index (χ0n) is 13.8. The fourth-order valence-electron chi connectivity index (χ4n) is 2.88. The van der Waals surface area contributed by atoms with Crippen LogP contribution in [0.15, 0.2) is 30.3 Å². The smallest absolute Gasteiger partial charge is 0.170 e. The van der Waals surface area contributed by atoms with Crippen molar-refractivity contribution in [2.45, 2.75) is 32.4 Å². The van der Waals surface area contributed by atoms with E-state index in [1.165, 1.54) is 6.08 Å². The minimum atomic E-state index is -0.559. The number of carbonyl (C=O) groups is 1. The number of rotatable bonds is 6. The van der Waals surface area contributed by atoms with Gasteiger partial charge in [0.2, 0.25) is 0 Å². The molecule has 1 fully saturated rings. The van der Waals surface area contributed by atoms with Crippen molar-refractivity contribution in [3.63, 3.8) is 0 Å². The molecule has 5 heteroatoms. The molecule has 0 bridgehead atoms. The number of Topliss-reactive ketones (excluding diaryl/α,β-unsaturated/α-hetero) is 1. The summed E-state index contributed by atoms with van der Waals surface area (Å²) >= 11 is 0. The summed E-state index contributed by atoms with van der Waals surface area (Å²) in [6, 6.07) is 7.88. The van der Waals surface area contributed by atoms with Crippen molar-refractivity contribution in [2.24, 2.45) is 5.41 Å². The van der Waals surface area contributed by atoms with Gasteiger partial charge in [-0.15, -0.1) is 0 Å². The number of ether oxygens (including phenoxy) is 2. The van der Waals surface area contributed by atoms with E-state index in [1.54, 1.807) is 13.1 Å². The maximum absolute atomic E-state index is 12.7. The molecule has 0 spiro atoms. The zero-order chi connectivity index (χ0) is 16.9. The molecule has 1 aliphatic heterocycles. The number of piperidine rings is 1. The zero-order valence-corrected chi connectivity index (χ0v) is 13.8. The van der Waals surface area contributed by atoms with Gasteiger partial charge in [0.1, 0.15) is 17.8 Å². The SMILES string of the molecule is COc1cccc(CC2NCC(OCC=C=O)C(=O)C2(C)C)c1. The van der Waals surface area contributed by atoms with Gasteiger partial charge < -0.3 is 14.8 Å². The molecule has 0 saturated carbocycles. The number of methoxy groups -OCH3 is 1. The van der Waals surface area contributed by atoms with Crippen LogP contribution in [0.3, 0.4) is 0 Å². The van der Waals surface area contributed by atoms with Gasteiger partial charge in [-0.2, -0.15) is 0 Å². The molecule has 124 valence electrons. The molecule has 23 heavy (non-hydrogen) atoms. The predicted molar refractivity (Wildman–Crippen MR) is 87.3 cm³/mol. The van der Waals surface area contributed by atoms with Crippen LogP contribution in [0.4, 0.5) is 0 Å². The summed E-state index contributed by atoms with van der Waals surface area (Å²) in [5.41, 5.74) is 0.558. The van der Waals surface area contributed by atoms with Crippen LogP contribution in [-0.2, 0) is 20.7 Å². The van der Waals surface area contributed by atoms with Gasteiger partial charge in [0.25, 0.3) is 0 Å². The lowest BCUT2D eigenvalue weighted by Crippen LogP contribution is -2.60. The van der Waals surface area contributed by atoms with Crippen molar-refractivity contribution in [3.05, 3.63) is 35.9 Å². The third kappa shape index (κ3) is 4.08. The topological polar surface area (TPSA) is 64.6 Å². The van der Waals surface area contributed by atoms with Gasteiger partial charge in [-0.1, -0.05) is 26.0 Å². The van der Waals surface area contributed by atoms with Crippen molar-refractivity contribution in [1.29, 1.82) is 0 Å². The second-order valence-corrected chi connectivity index (χ2v) is 6.25. The Labute approximate surface area is 136 Å². The Morgan fingerprint density at radius 2 is 2.22 bits per heavy atom. The van der Waals surface area contributed by atoms with Crippen LogP contribution >= 0.6 is 0 Å². The first-order chi connectivity index (χ1) is 11.0. The molecule has 1 N–H and O–H groups in total. The van der Waals surface area contributed by atoms with Crippen molar-refractivity contribution in [3.8, 4) is 5.75 Å². The summed E-state index contributed by atoms with van der Waals surface area (Å²) in [6.07, 6.45) is 1.44. The Morgan fingerprint density at radius 1 is 1.43 bits per heavy atom. The third-order valence-corrected chi connectivity index (χ3v) is 4.39. The van der Waals surface area contributed by atoms with E-state index in [4.69, 9.17) is 9.47 Å². The molecule has 1 heterocycles. The van der Waals surface area contributed by atoms with Crippen LogP contribution in [0.2, 0.25) is 0 Å². The summed E-state index contributed by atoms with van der Waals surface area (Å²) < 4.78 is 10.7. The molecule has 1 saturated heterocycles. The van der Waals surface area contributed by atoms with Gasteiger partial charge in [0.05, 0.1) is 13.7 Å². The maximum Gasteiger partial charge on any atom is 0.170 e. The summed E-state index contributed by atoms with van der Waals surface area (Å²) in [7, 11) is 1.64. The minimum absolute atomic E-state index is 0.0172. The summed E-state index contributed by atoms with van der Waals surface area (Å²) in [5, 5.41) is 3.40. The molecule has 1 aromatic rings. The largest absolute Gasteiger partial charge is 0.497 e. The van der Waals surface area contributed by atoms with Crippen LogP contribution in [-0.4, -0.2) is 44.1 Å². The standard InChI is InChI=1S/C18H23NO4/c1-18(2)16(11-13-6-4-7-14(10-13)22-3)19-12-15(17(18)21)23-9-5-8-20/h4-7,10,15-16,19H,9,11-12H2,1-3H3. The number of ketones is 1. The van der Waals surface area contributed by atoms with E-state index in [1.807, 2.05) is 38.1 Å². The van der Waals surface area contributed by atoms with Gasteiger partial charge in [-0.3, -0.25) is 4.79 Å². The average molecular weight is 317 g/mol. The lowest BCUT2D eigenvalue weighted by Gasteiger charge is -2.41. The number of hydrogen-bond acceptors (Lipinski definition) is 5. The quantitative estimate of drug-likeness (QED) is 0.807. The van der Waals surface area contributed by atoms with Crippen molar-refractivity contribution in [2.75, 3.05) is 20.3 Å². The number of benzene rings is 1. The Morgan fingerprint density at radius 3 is 2.91 bits per heavy atom. The number of hydrogen-bond donors (Lipinski definition) is 1. The van der Waals surface area contributed by atoms with E-state index < -0.39 is 11.5 Å². The van der Waals surface area contributed by atoms with Crippen LogP contribution in [0.1, 0.15) is 19.4 Å². The summed E-state index contributed by atoms with van der Waals surface area (Å²) in [4.78, 5) is 22.9. The van der Waals surface area contributed by atoms with Crippen molar-refractivity contribution >= 4 is 11.7 Å². The third-order valence-electron chi connectivity index (χ3n) is 4.39. The minimum Gasteiger partial charge on any atom is -0.497 e. The molecule has 2 unspecified atom stereocenters. The molecular weight excluding hydrogens is 294 g/mol. The highest BCUT2D eigenvalue weighted by Crippen LogP contribution is 2.31. The Kier molecular flexibility index (Phi) is 5.72. The second kappa shape index (κ2) is 7.55. The lowest BCUT2D eigenvalue weighted by molar-refractivity contribution is -0.143. The van der Waals surface area contributed by atoms with Gasteiger partial charge in [-0.05, 0) is 24.1 Å². The van der Waals surface area contributed by atoms with E-state index in [0.717, 1.165) is 17.7 Å². The first-order valence-electron chi connectivity index (χ1n) is 7.70. The Balaban J connectivity index is 2.06. The lowest BCUT2D eigenvalue weighted by atomic mass is 9.73. The van der Waals surface area contributed by atoms with E-state index in [9.17, 15) is 9.59 Å². The summed E-state index contributed by atoms with van der Waals surface area (Å²) in [5.74, 6) is 2.52. The molecular formula is C18H23NO4. The molecule has 1 aliphatic rings. The molecule has 1 aromatic carbocycles. The van der Waals surface area contributed by atoms with E-state index in [-0.39, 0.29) is 18.4 Å². The van der Waals surface area contributed by atoms with Gasteiger partial charge in [0, 0.05) is 24.1 Å². The maximum atomic E-state index is 12.7. The Bertz CT molecular complexity index is 605. The van der Waals surface area contributed by atoms with Crippen molar-refractivity contribution in [1.82, 2.24) is 5.32 Å². The fraction of sp³-hybridized carbons (Fsp3) is 0.500. The van der Waals surface area contributed by atoms with Crippen LogP contribution in [0, 0.1) is 5.41 Å². The monoisotopic (exact) mass is 317 g/mol. The van der Waals surface area contributed by atoms with Gasteiger partial charge in [-0.25, -0.2) is 4.79 Å². The molecule has 0 aliphatic carbocycles. The predicted octanol–water partition coefficient (Wildman–Crippen LogP) is 1.58. The molecule has 0 amide bonds. The van der Waals surface area contributed by atoms with Crippen LogP contribution < -0.4 is 10.1 Å². The Hall–Kier alpha value is -1.94. The van der Waals surface area contributed by atoms with E-state index in [2.05, 4.69) is 5.32 Å². The van der Waals surface area contributed by atoms with Crippen LogP contribution in [0.5, 0.6) is 5.75 Å². The molecule has 5 nitrogen and oxygen atoms in total. The summed E-state index contributed by atoms with van der Waals surface area (Å²) in [6.45, 7) is 4.42.